The second-order valence-corrected chi connectivity index (χ2v) is 10.8. The Labute approximate surface area is 251 Å². The smallest absolute Gasteiger partial charge is 0.323 e. The molecule has 0 saturated carbocycles. The fraction of sp³-hybridized carbons (Fsp3) is 0.562. The van der Waals surface area contributed by atoms with Gasteiger partial charge in [-0.3, -0.25) is 9.59 Å². The van der Waals surface area contributed by atoms with Gasteiger partial charge in [0.25, 0.3) is 0 Å². The SMILES string of the molecule is CC.CC(C)(OC(=O)C(N)Cc1ccc(OCCCN)cc1)C(C)(C)OC(=O)C(N)Cc1ccc(OCCCN)cc1. The number of nitrogens with two attached hydrogens (primary N) is 4. The van der Waals surface area contributed by atoms with Gasteiger partial charge in [0.1, 0.15) is 34.8 Å². The van der Waals surface area contributed by atoms with Crippen LogP contribution in [-0.4, -0.2) is 61.5 Å². The van der Waals surface area contributed by atoms with Crippen molar-refractivity contribution >= 4 is 11.9 Å². The Bertz CT molecular complexity index is 972. The summed E-state index contributed by atoms with van der Waals surface area (Å²) < 4.78 is 22.7. The predicted molar refractivity (Wildman–Crippen MR) is 166 cm³/mol. The van der Waals surface area contributed by atoms with E-state index in [2.05, 4.69) is 0 Å². The van der Waals surface area contributed by atoms with Crippen molar-refractivity contribution in [1.82, 2.24) is 0 Å². The van der Waals surface area contributed by atoms with Gasteiger partial charge in [-0.05, 0) is 102 Å². The van der Waals surface area contributed by atoms with Crippen LogP contribution in [0.1, 0.15) is 65.5 Å². The molecule has 2 aromatic carbocycles. The molecule has 10 heteroatoms. The van der Waals surface area contributed by atoms with E-state index in [0.717, 1.165) is 35.5 Å². The highest BCUT2D eigenvalue weighted by Gasteiger charge is 2.45. The Balaban J connectivity index is 0.00000431. The van der Waals surface area contributed by atoms with E-state index in [0.29, 0.717) is 26.3 Å². The van der Waals surface area contributed by atoms with Crippen LogP contribution in [0.4, 0.5) is 0 Å². The summed E-state index contributed by atoms with van der Waals surface area (Å²) in [6, 6.07) is 12.9. The number of ether oxygens (including phenoxy) is 4. The lowest BCUT2D eigenvalue weighted by atomic mass is 9.88. The van der Waals surface area contributed by atoms with E-state index in [1.807, 2.05) is 62.4 Å². The number of carbonyl (C=O) groups excluding carboxylic acids is 2. The van der Waals surface area contributed by atoms with Gasteiger partial charge in [-0.2, -0.15) is 0 Å². The van der Waals surface area contributed by atoms with Crippen LogP contribution in [0.2, 0.25) is 0 Å². The van der Waals surface area contributed by atoms with E-state index in [1.165, 1.54) is 0 Å². The Morgan fingerprint density at radius 3 is 1.24 bits per heavy atom. The summed E-state index contributed by atoms with van der Waals surface area (Å²) in [6.07, 6.45) is 2.09. The quantitative estimate of drug-likeness (QED) is 0.159. The molecular formula is C32H52N4O6. The summed E-state index contributed by atoms with van der Waals surface area (Å²) in [5.74, 6) is 0.243. The normalized spacial score (nSPS) is 12.8. The van der Waals surface area contributed by atoms with Crippen molar-refractivity contribution in [2.45, 2.75) is 90.5 Å². The first-order chi connectivity index (χ1) is 19.9. The van der Waals surface area contributed by atoms with E-state index in [1.54, 1.807) is 27.7 Å². The highest BCUT2D eigenvalue weighted by molar-refractivity contribution is 5.77. The maximum absolute atomic E-state index is 12.9. The van der Waals surface area contributed by atoms with Crippen LogP contribution in [0.15, 0.2) is 48.5 Å². The molecule has 0 fully saturated rings. The summed E-state index contributed by atoms with van der Waals surface area (Å²) >= 11 is 0. The van der Waals surface area contributed by atoms with Crippen LogP contribution in [-0.2, 0) is 31.9 Å². The Hall–Kier alpha value is -3.18. The average molecular weight is 589 g/mol. The third-order valence-electron chi connectivity index (χ3n) is 6.76. The van der Waals surface area contributed by atoms with Crippen LogP contribution in [0, 0.1) is 0 Å². The molecule has 0 amide bonds. The van der Waals surface area contributed by atoms with Gasteiger partial charge in [0, 0.05) is 0 Å². The molecule has 0 heterocycles. The summed E-state index contributed by atoms with van der Waals surface area (Å²) in [7, 11) is 0. The molecule has 0 aliphatic heterocycles. The number of benzene rings is 2. The summed E-state index contributed by atoms with van der Waals surface area (Å²) in [4.78, 5) is 25.7. The van der Waals surface area contributed by atoms with E-state index in [4.69, 9.17) is 41.9 Å². The largest absolute Gasteiger partial charge is 0.494 e. The molecule has 2 unspecified atom stereocenters. The lowest BCUT2D eigenvalue weighted by Crippen LogP contribution is -2.55. The summed E-state index contributed by atoms with van der Waals surface area (Å²) in [6.45, 7) is 12.9. The second kappa shape index (κ2) is 18.4. The van der Waals surface area contributed by atoms with E-state index < -0.39 is 35.2 Å². The molecule has 0 aliphatic carbocycles. The van der Waals surface area contributed by atoms with Crippen molar-refractivity contribution in [2.75, 3.05) is 26.3 Å². The van der Waals surface area contributed by atoms with Gasteiger partial charge in [0.2, 0.25) is 0 Å². The zero-order valence-electron chi connectivity index (χ0n) is 26.2. The highest BCUT2D eigenvalue weighted by Crippen LogP contribution is 2.30. The van der Waals surface area contributed by atoms with Gasteiger partial charge in [-0.1, -0.05) is 38.1 Å². The average Bonchev–Trinajstić information content (AvgIpc) is 2.95. The topological polar surface area (TPSA) is 175 Å². The van der Waals surface area contributed by atoms with Gasteiger partial charge in [-0.15, -0.1) is 0 Å². The molecule has 0 aliphatic rings. The molecule has 8 N–H and O–H groups in total. The van der Waals surface area contributed by atoms with Gasteiger partial charge < -0.3 is 41.9 Å². The second-order valence-electron chi connectivity index (χ2n) is 10.8. The van der Waals surface area contributed by atoms with Crippen LogP contribution < -0.4 is 32.4 Å². The van der Waals surface area contributed by atoms with Gasteiger partial charge in [0.05, 0.1) is 13.2 Å². The molecule has 10 nitrogen and oxygen atoms in total. The van der Waals surface area contributed by atoms with E-state index in [9.17, 15) is 9.59 Å². The third-order valence-corrected chi connectivity index (χ3v) is 6.76. The minimum atomic E-state index is -1.18. The predicted octanol–water partition coefficient (Wildman–Crippen LogP) is 3.25. The van der Waals surface area contributed by atoms with Crippen LogP contribution in [0.3, 0.4) is 0 Å². The minimum Gasteiger partial charge on any atom is -0.494 e. The van der Waals surface area contributed by atoms with Crippen molar-refractivity contribution in [3.63, 3.8) is 0 Å². The van der Waals surface area contributed by atoms with Crippen LogP contribution >= 0.6 is 0 Å². The molecule has 0 saturated heterocycles. The molecule has 0 aromatic heterocycles. The fourth-order valence-corrected chi connectivity index (χ4v) is 3.56. The first-order valence-corrected chi connectivity index (χ1v) is 14.7. The first kappa shape index (κ1) is 36.8. The van der Waals surface area contributed by atoms with E-state index >= 15 is 0 Å². The molecule has 0 bridgehead atoms. The lowest BCUT2D eigenvalue weighted by molar-refractivity contribution is -0.200. The van der Waals surface area contributed by atoms with Gasteiger partial charge >= 0.3 is 11.9 Å². The zero-order valence-corrected chi connectivity index (χ0v) is 26.2. The van der Waals surface area contributed by atoms with Crippen LogP contribution in [0.25, 0.3) is 0 Å². The maximum Gasteiger partial charge on any atom is 0.323 e. The van der Waals surface area contributed by atoms with Gasteiger partial charge in [0.15, 0.2) is 0 Å². The molecule has 0 radical (unpaired) electrons. The third kappa shape index (κ3) is 12.4. The Morgan fingerprint density at radius 2 is 0.952 bits per heavy atom. The Morgan fingerprint density at radius 1 is 0.643 bits per heavy atom. The van der Waals surface area contributed by atoms with Crippen molar-refractivity contribution < 1.29 is 28.5 Å². The lowest BCUT2D eigenvalue weighted by Gasteiger charge is -2.40. The zero-order chi connectivity index (χ0) is 31.8. The Kier molecular flexibility index (Phi) is 16.1. The number of rotatable bonds is 17. The number of esters is 2. The highest BCUT2D eigenvalue weighted by atomic mass is 16.6. The van der Waals surface area contributed by atoms with Crippen molar-refractivity contribution in [1.29, 1.82) is 0 Å². The van der Waals surface area contributed by atoms with Gasteiger partial charge in [-0.25, -0.2) is 0 Å². The van der Waals surface area contributed by atoms with Crippen molar-refractivity contribution in [3.05, 3.63) is 59.7 Å². The molecule has 2 aromatic rings. The van der Waals surface area contributed by atoms with Crippen molar-refractivity contribution in [3.8, 4) is 11.5 Å². The molecule has 2 atom stereocenters. The number of carbonyl (C=O) groups is 2. The molecule has 2 rings (SSSR count). The van der Waals surface area contributed by atoms with E-state index in [-0.39, 0.29) is 12.8 Å². The van der Waals surface area contributed by atoms with Crippen LogP contribution in [0.5, 0.6) is 11.5 Å². The monoisotopic (exact) mass is 588 g/mol. The van der Waals surface area contributed by atoms with Crippen molar-refractivity contribution in [2.24, 2.45) is 22.9 Å². The summed E-state index contributed by atoms with van der Waals surface area (Å²) in [5, 5.41) is 0. The number of hydrogen-bond donors (Lipinski definition) is 4. The maximum atomic E-state index is 12.9. The summed E-state index contributed by atoms with van der Waals surface area (Å²) in [5.41, 5.74) is 22.6. The first-order valence-electron chi connectivity index (χ1n) is 14.7. The molecule has 0 spiro atoms. The molecule has 42 heavy (non-hydrogen) atoms. The number of hydrogen-bond acceptors (Lipinski definition) is 10. The standard InChI is InChI=1S/C30H46N4O6.C2H6/c1-29(2,39-27(35)25(33)19-21-7-11-23(12-8-21)37-17-5-15-31)30(3,4)40-28(36)26(34)20-22-9-13-24(14-10-22)38-18-6-16-32;1-2/h7-14,25-26H,5-6,15-20,31-34H2,1-4H3;1-2H3. The molecule has 236 valence electrons. The fourth-order valence-electron chi connectivity index (χ4n) is 3.56. The molecular weight excluding hydrogens is 536 g/mol. The minimum absolute atomic E-state index is 0.278.